The van der Waals surface area contributed by atoms with Crippen molar-refractivity contribution in [1.82, 2.24) is 24.6 Å². The van der Waals surface area contributed by atoms with Crippen molar-refractivity contribution in [3.8, 4) is 11.4 Å². The zero-order valence-corrected chi connectivity index (χ0v) is 23.5. The number of carbonyl (C=O) groups is 1. The molecule has 3 aromatic rings. The van der Waals surface area contributed by atoms with Crippen LogP contribution < -0.4 is 10.2 Å². The molecule has 2 saturated heterocycles. The molecule has 1 amide bonds. The second kappa shape index (κ2) is 11.9. The Morgan fingerprint density at radius 1 is 1.10 bits per heavy atom. The van der Waals surface area contributed by atoms with Gasteiger partial charge in [0.25, 0.3) is 10.0 Å². The van der Waals surface area contributed by atoms with Crippen molar-refractivity contribution in [3.63, 3.8) is 0 Å². The number of amides is 1. The molecule has 3 aromatic heterocycles. The number of hydrogen-bond acceptors (Lipinski definition) is 9. The van der Waals surface area contributed by atoms with Crippen molar-refractivity contribution in [3.05, 3.63) is 48.3 Å². The third-order valence-corrected chi connectivity index (χ3v) is 8.53. The largest absolute Gasteiger partial charge is 0.392 e. The molecule has 0 bridgehead atoms. The molecule has 2 aliphatic rings. The first-order valence-electron chi connectivity index (χ1n) is 13.4. The SMILES string of the molecule is C[C@@H]1CN(c2cccc(-c3ccc4cnc(CC(=O)N[C@@H]5C[C@@H](O)CN(S(=O)(=O)C(F)F)C5)cc4n3)n2)C[C@H](C)O1. The Bertz CT molecular complexity index is 1520. The number of pyridine rings is 3. The van der Waals surface area contributed by atoms with E-state index in [0.29, 0.717) is 26.9 Å². The number of aliphatic hydroxyl groups is 1. The molecule has 0 unspecified atom stereocenters. The number of nitrogens with one attached hydrogen (secondary N) is 1. The second-order valence-electron chi connectivity index (χ2n) is 10.6. The number of aliphatic hydroxyl groups excluding tert-OH is 1. The molecule has 0 spiro atoms. The van der Waals surface area contributed by atoms with Gasteiger partial charge in [-0.25, -0.2) is 18.4 Å². The van der Waals surface area contributed by atoms with E-state index in [9.17, 15) is 27.1 Å². The van der Waals surface area contributed by atoms with Crippen LogP contribution in [0.3, 0.4) is 0 Å². The zero-order chi connectivity index (χ0) is 29.3. The van der Waals surface area contributed by atoms with Crippen LogP contribution >= 0.6 is 0 Å². The number of nitrogens with zero attached hydrogens (tertiary/aromatic N) is 5. The molecular weight excluding hydrogens is 558 g/mol. The Kier molecular flexibility index (Phi) is 8.45. The number of β-amino-alcohol motifs (C(OH)–C–C–N with tert-alkyl or cyclic N) is 1. The number of anilines is 1. The van der Waals surface area contributed by atoms with E-state index in [0.717, 1.165) is 24.3 Å². The number of rotatable bonds is 7. The topological polar surface area (TPSA) is 138 Å². The van der Waals surface area contributed by atoms with Crippen molar-refractivity contribution in [2.75, 3.05) is 31.1 Å². The fourth-order valence-corrected chi connectivity index (χ4v) is 6.30. The smallest absolute Gasteiger partial charge is 0.350 e. The van der Waals surface area contributed by atoms with Gasteiger partial charge in [-0.05, 0) is 50.6 Å². The van der Waals surface area contributed by atoms with Crippen molar-refractivity contribution in [1.29, 1.82) is 0 Å². The van der Waals surface area contributed by atoms with Crippen LogP contribution in [0, 0.1) is 0 Å². The van der Waals surface area contributed by atoms with Gasteiger partial charge in [0, 0.05) is 43.8 Å². The number of ether oxygens (including phenoxy) is 1. The fourth-order valence-electron chi connectivity index (χ4n) is 5.31. The molecule has 0 saturated carbocycles. The van der Waals surface area contributed by atoms with Gasteiger partial charge >= 0.3 is 5.76 Å². The van der Waals surface area contributed by atoms with Crippen LogP contribution in [0.2, 0.25) is 0 Å². The summed E-state index contributed by atoms with van der Waals surface area (Å²) in [6.07, 6.45) is 0.530. The number of morpholine rings is 1. The van der Waals surface area contributed by atoms with Crippen LogP contribution in [0.5, 0.6) is 0 Å². The quantitative estimate of drug-likeness (QED) is 0.423. The molecule has 2 aliphatic heterocycles. The summed E-state index contributed by atoms with van der Waals surface area (Å²) in [6.45, 7) is 4.76. The van der Waals surface area contributed by atoms with E-state index in [1.165, 1.54) is 0 Å². The normalized spacial score (nSPS) is 24.1. The molecule has 5 rings (SSSR count). The molecule has 0 aliphatic carbocycles. The third-order valence-electron chi connectivity index (χ3n) is 7.06. The number of piperidine rings is 1. The maximum Gasteiger partial charge on any atom is 0.350 e. The maximum absolute atomic E-state index is 13.0. The summed E-state index contributed by atoms with van der Waals surface area (Å²) in [5.74, 6) is -3.25. The van der Waals surface area contributed by atoms with E-state index in [4.69, 9.17) is 14.7 Å². The standard InChI is InChI=1S/C27H32F2N6O5S/c1-16-12-34(13-17(2)40-16)25-5-3-4-22(33-25)23-7-6-18-11-30-19(9-24(18)32-23)10-26(37)31-20-8-21(36)15-35(14-20)41(38,39)27(28)29/h3-7,9,11,16-17,20-21,27,36H,8,10,12-15H2,1-2H3,(H,31,37)/t16-,17+,20-,21-/m1/s1. The number of sulfonamides is 1. The predicted octanol–water partition coefficient (Wildman–Crippen LogP) is 1.95. The first-order valence-corrected chi connectivity index (χ1v) is 14.9. The lowest BCUT2D eigenvalue weighted by Gasteiger charge is -2.36. The molecule has 14 heteroatoms. The lowest BCUT2D eigenvalue weighted by molar-refractivity contribution is -0.121. The minimum atomic E-state index is -4.87. The number of aromatic nitrogens is 3. The average molecular weight is 591 g/mol. The van der Waals surface area contributed by atoms with E-state index in [1.807, 2.05) is 44.2 Å². The highest BCUT2D eigenvalue weighted by molar-refractivity contribution is 7.89. The van der Waals surface area contributed by atoms with Crippen molar-refractivity contribution < 1.29 is 31.8 Å². The van der Waals surface area contributed by atoms with E-state index in [2.05, 4.69) is 15.2 Å². The van der Waals surface area contributed by atoms with Crippen LogP contribution in [-0.4, -0.2) is 95.0 Å². The lowest BCUT2D eigenvalue weighted by Crippen LogP contribution is -2.55. The molecule has 41 heavy (non-hydrogen) atoms. The van der Waals surface area contributed by atoms with E-state index < -0.39 is 40.4 Å². The highest BCUT2D eigenvalue weighted by Gasteiger charge is 2.38. The van der Waals surface area contributed by atoms with Gasteiger partial charge in [0.2, 0.25) is 5.91 Å². The first-order chi connectivity index (χ1) is 19.5. The molecule has 0 aromatic carbocycles. The molecule has 11 nitrogen and oxygen atoms in total. The predicted molar refractivity (Wildman–Crippen MR) is 148 cm³/mol. The van der Waals surface area contributed by atoms with Gasteiger partial charge < -0.3 is 20.1 Å². The van der Waals surface area contributed by atoms with Gasteiger partial charge in [0.05, 0.1) is 47.3 Å². The highest BCUT2D eigenvalue weighted by Crippen LogP contribution is 2.25. The fraction of sp³-hybridized carbons (Fsp3) is 0.481. The summed E-state index contributed by atoms with van der Waals surface area (Å²) >= 11 is 0. The van der Waals surface area contributed by atoms with Crippen LogP contribution in [-0.2, 0) is 26.0 Å². The number of carbonyl (C=O) groups excluding carboxylic acids is 1. The highest BCUT2D eigenvalue weighted by atomic mass is 32.2. The molecule has 220 valence electrons. The van der Waals surface area contributed by atoms with Crippen molar-refractivity contribution >= 4 is 32.7 Å². The number of fused-ring (bicyclic) bond motifs is 1. The van der Waals surface area contributed by atoms with Gasteiger partial charge in [0.15, 0.2) is 0 Å². The molecule has 2 fully saturated rings. The molecule has 4 atom stereocenters. The number of halogens is 2. The average Bonchev–Trinajstić information content (AvgIpc) is 2.91. The van der Waals surface area contributed by atoms with Gasteiger partial charge in [-0.15, -0.1) is 0 Å². The van der Waals surface area contributed by atoms with Gasteiger partial charge in [-0.1, -0.05) is 6.07 Å². The van der Waals surface area contributed by atoms with Crippen LogP contribution in [0.4, 0.5) is 14.6 Å². The van der Waals surface area contributed by atoms with Crippen molar-refractivity contribution in [2.24, 2.45) is 0 Å². The van der Waals surface area contributed by atoms with E-state index in [-0.39, 0.29) is 31.6 Å². The number of hydrogen-bond donors (Lipinski definition) is 2. The Labute approximate surface area is 236 Å². The third kappa shape index (κ3) is 6.77. The summed E-state index contributed by atoms with van der Waals surface area (Å²) in [7, 11) is -4.87. The van der Waals surface area contributed by atoms with Gasteiger partial charge in [-0.3, -0.25) is 9.78 Å². The molecule has 2 N–H and O–H groups in total. The molecule has 0 radical (unpaired) electrons. The monoisotopic (exact) mass is 590 g/mol. The van der Waals surface area contributed by atoms with Crippen LogP contribution in [0.15, 0.2) is 42.6 Å². The van der Waals surface area contributed by atoms with E-state index in [1.54, 1.807) is 12.3 Å². The Balaban J connectivity index is 1.29. The van der Waals surface area contributed by atoms with Crippen LogP contribution in [0.1, 0.15) is 26.0 Å². The Hall–Kier alpha value is -3.33. The minimum absolute atomic E-state index is 0.0470. The molecular formula is C27H32F2N6O5S. The first kappa shape index (κ1) is 29.2. The summed E-state index contributed by atoms with van der Waals surface area (Å²) in [4.78, 5) is 28.9. The Morgan fingerprint density at radius 3 is 2.56 bits per heavy atom. The van der Waals surface area contributed by atoms with Crippen molar-refractivity contribution in [2.45, 2.75) is 56.8 Å². The summed E-state index contributed by atoms with van der Waals surface area (Å²) < 4.78 is 56.0. The van der Waals surface area contributed by atoms with Gasteiger partial charge in [-0.2, -0.15) is 13.1 Å². The van der Waals surface area contributed by atoms with Crippen LogP contribution in [0.25, 0.3) is 22.3 Å². The summed E-state index contributed by atoms with van der Waals surface area (Å²) in [6, 6.07) is 10.4. The van der Waals surface area contributed by atoms with Gasteiger partial charge in [0.1, 0.15) is 5.82 Å². The molecule has 5 heterocycles. The minimum Gasteiger partial charge on any atom is -0.392 e. The Morgan fingerprint density at radius 2 is 1.83 bits per heavy atom. The summed E-state index contributed by atoms with van der Waals surface area (Å²) in [5.41, 5.74) is 2.40. The second-order valence-corrected chi connectivity index (χ2v) is 12.5. The van der Waals surface area contributed by atoms with E-state index >= 15 is 0 Å². The number of alkyl halides is 2. The maximum atomic E-state index is 13.0. The summed E-state index contributed by atoms with van der Waals surface area (Å²) in [5, 5.41) is 13.4. The zero-order valence-electron chi connectivity index (χ0n) is 22.7. The lowest BCUT2D eigenvalue weighted by atomic mass is 10.0.